The second-order valence-electron chi connectivity index (χ2n) is 4.36. The molecule has 1 aromatic carbocycles. The Morgan fingerprint density at radius 2 is 2.39 bits per heavy atom. The lowest BCUT2D eigenvalue weighted by Crippen LogP contribution is -2.42. The van der Waals surface area contributed by atoms with Crippen molar-refractivity contribution in [2.45, 2.75) is 25.5 Å². The van der Waals surface area contributed by atoms with Crippen LogP contribution < -0.4 is 10.2 Å². The molecule has 2 rings (SSSR count). The number of aliphatic hydroxyl groups is 1. The van der Waals surface area contributed by atoms with E-state index < -0.39 is 5.82 Å². The Balaban J connectivity index is 2.36. The van der Waals surface area contributed by atoms with Gasteiger partial charge in [0.2, 0.25) is 5.91 Å². The van der Waals surface area contributed by atoms with E-state index in [1.165, 1.54) is 6.07 Å². The second kappa shape index (κ2) is 5.35. The predicted octanol–water partition coefficient (Wildman–Crippen LogP) is 1.03. The zero-order valence-corrected chi connectivity index (χ0v) is 10.3. The molecule has 0 spiro atoms. The van der Waals surface area contributed by atoms with Gasteiger partial charge in [-0.1, -0.05) is 6.07 Å². The minimum atomic E-state index is -0.433. The SMILES string of the molecule is CNC(=O)C1CCCN1c1cccc(F)c1CO. The molecule has 0 radical (unpaired) electrons. The third kappa shape index (κ3) is 2.18. The van der Waals surface area contributed by atoms with Crippen LogP contribution in [0.3, 0.4) is 0 Å². The van der Waals surface area contributed by atoms with E-state index in [4.69, 9.17) is 0 Å². The minimum absolute atomic E-state index is 0.0688. The molecule has 0 aromatic heterocycles. The third-order valence-electron chi connectivity index (χ3n) is 3.36. The second-order valence-corrected chi connectivity index (χ2v) is 4.36. The fraction of sp³-hybridized carbons (Fsp3) is 0.462. The van der Waals surface area contributed by atoms with Gasteiger partial charge in [0.05, 0.1) is 6.61 Å². The molecule has 1 aromatic rings. The highest BCUT2D eigenvalue weighted by atomic mass is 19.1. The third-order valence-corrected chi connectivity index (χ3v) is 3.36. The monoisotopic (exact) mass is 252 g/mol. The van der Waals surface area contributed by atoms with Crippen molar-refractivity contribution >= 4 is 11.6 Å². The van der Waals surface area contributed by atoms with E-state index in [-0.39, 0.29) is 24.1 Å². The molecule has 4 nitrogen and oxygen atoms in total. The molecule has 0 aliphatic carbocycles. The number of nitrogens with one attached hydrogen (secondary N) is 1. The lowest BCUT2D eigenvalue weighted by Gasteiger charge is -2.27. The summed E-state index contributed by atoms with van der Waals surface area (Å²) in [7, 11) is 1.59. The fourth-order valence-electron chi connectivity index (χ4n) is 2.47. The number of hydrogen-bond acceptors (Lipinski definition) is 3. The molecule has 2 N–H and O–H groups in total. The molecule has 5 heteroatoms. The number of anilines is 1. The van der Waals surface area contributed by atoms with Crippen LogP contribution in [0.4, 0.5) is 10.1 Å². The Bertz CT molecular complexity index is 451. The van der Waals surface area contributed by atoms with Crippen LogP contribution in [0.25, 0.3) is 0 Å². The van der Waals surface area contributed by atoms with Crippen LogP contribution in [-0.2, 0) is 11.4 Å². The average molecular weight is 252 g/mol. The number of halogens is 1. The Morgan fingerprint density at radius 3 is 3.06 bits per heavy atom. The minimum Gasteiger partial charge on any atom is -0.391 e. The van der Waals surface area contributed by atoms with Crippen molar-refractivity contribution in [1.82, 2.24) is 5.32 Å². The van der Waals surface area contributed by atoms with Crippen LogP contribution >= 0.6 is 0 Å². The standard InChI is InChI=1S/C13H17FN2O2/c1-15-13(18)12-6-3-7-16(12)11-5-2-4-10(14)9(11)8-17/h2,4-5,12,17H,3,6-8H2,1H3,(H,15,18). The molecule has 0 bridgehead atoms. The van der Waals surface area contributed by atoms with Crippen LogP contribution in [0.15, 0.2) is 18.2 Å². The summed E-state index contributed by atoms with van der Waals surface area (Å²) < 4.78 is 13.6. The largest absolute Gasteiger partial charge is 0.391 e. The summed E-state index contributed by atoms with van der Waals surface area (Å²) in [5, 5.41) is 11.9. The first-order valence-corrected chi connectivity index (χ1v) is 6.05. The number of carbonyl (C=O) groups excluding carboxylic acids is 1. The number of likely N-dealkylation sites (N-methyl/N-ethyl adjacent to an activating group) is 1. The molecule has 0 saturated carbocycles. The van der Waals surface area contributed by atoms with Gasteiger partial charge in [-0.3, -0.25) is 4.79 Å². The maximum Gasteiger partial charge on any atom is 0.242 e. The molecule has 1 saturated heterocycles. The number of nitrogens with zero attached hydrogens (tertiary/aromatic N) is 1. The van der Waals surface area contributed by atoms with Crippen LogP contribution in [0.1, 0.15) is 18.4 Å². The lowest BCUT2D eigenvalue weighted by atomic mass is 10.1. The molecular formula is C13H17FN2O2. The number of benzene rings is 1. The van der Waals surface area contributed by atoms with E-state index in [9.17, 15) is 14.3 Å². The molecule has 1 aliphatic heterocycles. The van der Waals surface area contributed by atoms with E-state index in [1.54, 1.807) is 19.2 Å². The van der Waals surface area contributed by atoms with Gasteiger partial charge in [0.15, 0.2) is 0 Å². The maximum atomic E-state index is 13.6. The molecular weight excluding hydrogens is 235 g/mol. The van der Waals surface area contributed by atoms with Crippen LogP contribution in [0, 0.1) is 5.82 Å². The number of rotatable bonds is 3. The summed E-state index contributed by atoms with van der Waals surface area (Å²) in [6.07, 6.45) is 1.64. The van der Waals surface area contributed by atoms with Gasteiger partial charge >= 0.3 is 0 Å². The van der Waals surface area contributed by atoms with Crippen LogP contribution in [0.5, 0.6) is 0 Å². The van der Waals surface area contributed by atoms with Crippen molar-refractivity contribution in [3.05, 3.63) is 29.6 Å². The molecule has 1 amide bonds. The summed E-state index contributed by atoms with van der Waals surface area (Å²) in [6, 6.07) is 4.39. The molecule has 18 heavy (non-hydrogen) atoms. The van der Waals surface area contributed by atoms with E-state index >= 15 is 0 Å². The Hall–Kier alpha value is -1.62. The molecule has 98 valence electrons. The molecule has 1 aliphatic rings. The summed E-state index contributed by atoms with van der Waals surface area (Å²) >= 11 is 0. The van der Waals surface area contributed by atoms with Crippen molar-refractivity contribution in [1.29, 1.82) is 0 Å². The zero-order chi connectivity index (χ0) is 13.1. The van der Waals surface area contributed by atoms with Crippen LogP contribution in [-0.4, -0.2) is 30.6 Å². The van der Waals surface area contributed by atoms with Crippen LogP contribution in [0.2, 0.25) is 0 Å². The van der Waals surface area contributed by atoms with E-state index in [1.807, 2.05) is 4.90 Å². The van der Waals surface area contributed by atoms with Gasteiger partial charge in [-0.15, -0.1) is 0 Å². The summed E-state index contributed by atoms with van der Waals surface area (Å²) in [5.74, 6) is -0.502. The van der Waals surface area contributed by atoms with Gasteiger partial charge in [-0.25, -0.2) is 4.39 Å². The highest BCUT2D eigenvalue weighted by molar-refractivity contribution is 5.86. The lowest BCUT2D eigenvalue weighted by molar-refractivity contribution is -0.121. The average Bonchev–Trinajstić information content (AvgIpc) is 2.86. The van der Waals surface area contributed by atoms with E-state index in [0.29, 0.717) is 12.2 Å². The van der Waals surface area contributed by atoms with Crippen molar-refractivity contribution in [2.24, 2.45) is 0 Å². The predicted molar refractivity (Wildman–Crippen MR) is 66.8 cm³/mol. The maximum absolute atomic E-state index is 13.6. The summed E-state index contributed by atoms with van der Waals surface area (Å²) in [4.78, 5) is 13.6. The molecule has 1 heterocycles. The Labute approximate surface area is 105 Å². The van der Waals surface area contributed by atoms with Gasteiger partial charge in [0, 0.05) is 24.8 Å². The highest BCUT2D eigenvalue weighted by Crippen LogP contribution is 2.30. The zero-order valence-electron chi connectivity index (χ0n) is 10.3. The first kappa shape index (κ1) is 12.8. The normalized spacial score (nSPS) is 19.1. The highest BCUT2D eigenvalue weighted by Gasteiger charge is 2.31. The summed E-state index contributed by atoms with van der Waals surface area (Å²) in [5.41, 5.74) is 0.872. The smallest absolute Gasteiger partial charge is 0.242 e. The Morgan fingerprint density at radius 1 is 1.61 bits per heavy atom. The van der Waals surface area contributed by atoms with E-state index in [2.05, 4.69) is 5.32 Å². The van der Waals surface area contributed by atoms with Crippen molar-refractivity contribution in [3.8, 4) is 0 Å². The van der Waals surface area contributed by atoms with Gasteiger partial charge in [0.1, 0.15) is 11.9 Å². The van der Waals surface area contributed by atoms with Gasteiger partial charge < -0.3 is 15.3 Å². The first-order chi connectivity index (χ1) is 8.69. The van der Waals surface area contributed by atoms with Crippen molar-refractivity contribution in [2.75, 3.05) is 18.5 Å². The number of hydrogen-bond donors (Lipinski definition) is 2. The molecule has 1 fully saturated rings. The fourth-order valence-corrected chi connectivity index (χ4v) is 2.47. The topological polar surface area (TPSA) is 52.6 Å². The van der Waals surface area contributed by atoms with Crippen molar-refractivity contribution in [3.63, 3.8) is 0 Å². The van der Waals surface area contributed by atoms with Gasteiger partial charge in [0.25, 0.3) is 0 Å². The quantitative estimate of drug-likeness (QED) is 0.845. The number of aliphatic hydroxyl groups excluding tert-OH is 1. The first-order valence-electron chi connectivity index (χ1n) is 6.05. The summed E-state index contributed by atoms with van der Waals surface area (Å²) in [6.45, 7) is 0.341. The van der Waals surface area contributed by atoms with E-state index in [0.717, 1.165) is 12.8 Å². The molecule has 1 unspecified atom stereocenters. The number of amides is 1. The van der Waals surface area contributed by atoms with Gasteiger partial charge in [-0.05, 0) is 25.0 Å². The molecule has 1 atom stereocenters. The van der Waals surface area contributed by atoms with Crippen molar-refractivity contribution < 1.29 is 14.3 Å². The van der Waals surface area contributed by atoms with Gasteiger partial charge in [-0.2, -0.15) is 0 Å². The Kier molecular flexibility index (Phi) is 3.81. The number of carbonyl (C=O) groups is 1.